The summed E-state index contributed by atoms with van der Waals surface area (Å²) in [6, 6.07) is 0. The van der Waals surface area contributed by atoms with Gasteiger partial charge in [0.25, 0.3) is 0 Å². The van der Waals surface area contributed by atoms with E-state index in [1.165, 1.54) is 0 Å². The van der Waals surface area contributed by atoms with Crippen molar-refractivity contribution in [3.8, 4) is 0 Å². The molecule has 0 aromatic rings. The molecule has 1 N–H and O–H groups in total. The highest BCUT2D eigenvalue weighted by molar-refractivity contribution is 6.65. The number of rotatable bonds is 1. The quantitative estimate of drug-likeness (QED) is 0.297. The van der Waals surface area contributed by atoms with Crippen molar-refractivity contribution in [2.75, 3.05) is 13.1 Å². The Hall–Kier alpha value is -0.705. The molecule has 1 heterocycles. The van der Waals surface area contributed by atoms with Gasteiger partial charge in [0.05, 0.1) is 0 Å². The van der Waals surface area contributed by atoms with E-state index in [0.717, 1.165) is 0 Å². The van der Waals surface area contributed by atoms with Crippen LogP contribution >= 0.6 is 11.6 Å². The maximum atomic E-state index is 10.7. The van der Waals surface area contributed by atoms with Crippen LogP contribution in [0.15, 0.2) is 5.16 Å². The molecule has 1 aliphatic heterocycles. The molecule has 0 aromatic carbocycles. The zero-order chi connectivity index (χ0) is 9.84. The molecule has 1 aliphatic rings. The van der Waals surface area contributed by atoms with Gasteiger partial charge in [-0.3, -0.25) is 4.79 Å². The molecular formula is C7H10BClN2O2. The molecule has 0 saturated carbocycles. The van der Waals surface area contributed by atoms with E-state index in [2.05, 4.69) is 5.16 Å². The summed E-state index contributed by atoms with van der Waals surface area (Å²) < 4.78 is 0. The molecule has 0 spiro atoms. The van der Waals surface area contributed by atoms with Gasteiger partial charge in [-0.1, -0.05) is 16.8 Å². The largest absolute Gasteiger partial charge is 0.410 e. The lowest BCUT2D eigenvalue weighted by Gasteiger charge is -2.30. The number of hydrogen-bond donors (Lipinski definition) is 1. The number of oxime groups is 1. The first-order valence-electron chi connectivity index (χ1n) is 4.07. The van der Waals surface area contributed by atoms with Crippen molar-refractivity contribution in [3.05, 3.63) is 0 Å². The molecule has 0 unspecified atom stereocenters. The Morgan fingerprint density at radius 2 is 2.08 bits per heavy atom. The number of likely N-dealkylation sites (tertiary alicyclic amines) is 1. The van der Waals surface area contributed by atoms with Gasteiger partial charge in [-0.15, -0.1) is 0 Å². The van der Waals surface area contributed by atoms with Crippen molar-refractivity contribution in [3.63, 3.8) is 0 Å². The average Bonchev–Trinajstić information content (AvgIpc) is 2.17. The normalized spacial score (nSPS) is 20.4. The second-order valence-electron chi connectivity index (χ2n) is 3.02. The Labute approximate surface area is 82.9 Å². The van der Waals surface area contributed by atoms with Gasteiger partial charge < -0.3 is 10.1 Å². The van der Waals surface area contributed by atoms with Crippen molar-refractivity contribution in [2.45, 2.75) is 12.8 Å². The van der Waals surface area contributed by atoms with E-state index in [-0.39, 0.29) is 11.1 Å². The molecule has 70 valence electrons. The van der Waals surface area contributed by atoms with E-state index < -0.39 is 5.81 Å². The topological polar surface area (TPSA) is 52.9 Å². The molecule has 0 bridgehead atoms. The molecule has 13 heavy (non-hydrogen) atoms. The summed E-state index contributed by atoms with van der Waals surface area (Å²) >= 11 is 5.64. The average molecular weight is 200 g/mol. The Balaban J connectivity index is 2.43. The van der Waals surface area contributed by atoms with Gasteiger partial charge in [0.1, 0.15) is 5.17 Å². The highest BCUT2D eigenvalue weighted by Gasteiger charge is 2.23. The van der Waals surface area contributed by atoms with Gasteiger partial charge in [-0.05, 0) is 12.8 Å². The summed E-state index contributed by atoms with van der Waals surface area (Å²) in [5, 5.41) is 11.6. The first-order valence-corrected chi connectivity index (χ1v) is 4.44. The fourth-order valence-electron chi connectivity index (χ4n) is 1.42. The van der Waals surface area contributed by atoms with Crippen LogP contribution in [-0.4, -0.2) is 42.0 Å². The van der Waals surface area contributed by atoms with Gasteiger partial charge in [0, 0.05) is 19.0 Å². The predicted molar refractivity (Wildman–Crippen MR) is 50.5 cm³/mol. The maximum Gasteiger partial charge on any atom is 0.200 e. The van der Waals surface area contributed by atoms with Crippen molar-refractivity contribution in [1.82, 2.24) is 4.90 Å². The van der Waals surface area contributed by atoms with E-state index in [1.54, 1.807) is 4.90 Å². The van der Waals surface area contributed by atoms with Crippen molar-refractivity contribution in [1.29, 1.82) is 0 Å². The summed E-state index contributed by atoms with van der Waals surface area (Å²) in [7, 11) is 5.10. The van der Waals surface area contributed by atoms with Crippen LogP contribution in [0.5, 0.6) is 0 Å². The smallest absolute Gasteiger partial charge is 0.200 e. The van der Waals surface area contributed by atoms with Gasteiger partial charge in [0.2, 0.25) is 7.85 Å². The molecule has 2 radical (unpaired) electrons. The summed E-state index contributed by atoms with van der Waals surface area (Å²) in [5.74, 6) is -0.349. The molecule has 1 saturated heterocycles. The van der Waals surface area contributed by atoms with Gasteiger partial charge in [0.15, 0.2) is 5.81 Å². The minimum absolute atomic E-state index is 0.0577. The molecule has 6 heteroatoms. The standard InChI is InChI=1S/C7H10BClN2O2/c8-7(12)11-3-1-5(2-4-11)6(9)10-13/h5,13H,1-4H2/b10-6-. The summed E-state index contributed by atoms with van der Waals surface area (Å²) in [5.41, 5.74) is 0. The van der Waals surface area contributed by atoms with Crippen molar-refractivity contribution in [2.24, 2.45) is 11.1 Å². The summed E-state index contributed by atoms with van der Waals surface area (Å²) in [4.78, 5) is 12.3. The predicted octanol–water partition coefficient (Wildman–Crippen LogP) is 1.01. The maximum absolute atomic E-state index is 10.7. The van der Waals surface area contributed by atoms with Crippen molar-refractivity contribution >= 4 is 30.4 Å². The molecule has 1 amide bonds. The molecular weight excluding hydrogens is 190 g/mol. The summed E-state index contributed by atoms with van der Waals surface area (Å²) in [6.07, 6.45) is 1.40. The Bertz CT molecular complexity index is 227. The first-order chi connectivity index (χ1) is 6.15. The molecule has 1 rings (SSSR count). The fraction of sp³-hybridized carbons (Fsp3) is 0.714. The van der Waals surface area contributed by atoms with Crippen LogP contribution in [0.3, 0.4) is 0 Å². The SMILES string of the molecule is [B]C(=O)N1CCC(/C(Cl)=N/O)CC1. The van der Waals surface area contributed by atoms with E-state index in [4.69, 9.17) is 24.7 Å². The van der Waals surface area contributed by atoms with Gasteiger partial charge in [-0.2, -0.15) is 0 Å². The number of amides is 1. The number of halogens is 1. The van der Waals surface area contributed by atoms with E-state index >= 15 is 0 Å². The highest BCUT2D eigenvalue weighted by atomic mass is 35.5. The zero-order valence-electron chi connectivity index (χ0n) is 7.11. The Morgan fingerprint density at radius 1 is 1.54 bits per heavy atom. The lowest BCUT2D eigenvalue weighted by atomic mass is 9.96. The van der Waals surface area contributed by atoms with Crippen LogP contribution in [0.2, 0.25) is 0 Å². The fourth-order valence-corrected chi connectivity index (χ4v) is 1.64. The lowest BCUT2D eigenvalue weighted by Crippen LogP contribution is -2.39. The van der Waals surface area contributed by atoms with Crippen LogP contribution in [0.25, 0.3) is 0 Å². The number of nitrogens with zero attached hydrogens (tertiary/aromatic N) is 2. The van der Waals surface area contributed by atoms with E-state index in [1.807, 2.05) is 0 Å². The Morgan fingerprint density at radius 3 is 2.46 bits per heavy atom. The van der Waals surface area contributed by atoms with E-state index in [9.17, 15) is 4.79 Å². The summed E-state index contributed by atoms with van der Waals surface area (Å²) in [6.45, 7) is 1.15. The van der Waals surface area contributed by atoms with Crippen LogP contribution < -0.4 is 0 Å². The molecule has 4 nitrogen and oxygen atoms in total. The van der Waals surface area contributed by atoms with E-state index in [0.29, 0.717) is 25.9 Å². The minimum Gasteiger partial charge on any atom is -0.410 e. The minimum atomic E-state index is -0.407. The number of hydrogen-bond acceptors (Lipinski definition) is 3. The first kappa shape index (κ1) is 10.4. The molecule has 1 fully saturated rings. The lowest BCUT2D eigenvalue weighted by molar-refractivity contribution is 0.202. The molecule has 0 aliphatic carbocycles. The zero-order valence-corrected chi connectivity index (χ0v) is 7.87. The number of carbonyl (C=O) groups is 1. The molecule has 0 atom stereocenters. The van der Waals surface area contributed by atoms with Crippen LogP contribution in [0, 0.1) is 5.92 Å². The highest BCUT2D eigenvalue weighted by Crippen LogP contribution is 2.20. The monoisotopic (exact) mass is 200 g/mol. The van der Waals surface area contributed by atoms with Crippen LogP contribution in [0.1, 0.15) is 12.8 Å². The van der Waals surface area contributed by atoms with Crippen LogP contribution in [-0.2, 0) is 0 Å². The van der Waals surface area contributed by atoms with Crippen LogP contribution in [0.4, 0.5) is 4.79 Å². The molecule has 0 aromatic heterocycles. The third kappa shape index (κ3) is 2.62. The van der Waals surface area contributed by atoms with Gasteiger partial charge in [-0.25, -0.2) is 0 Å². The van der Waals surface area contributed by atoms with Gasteiger partial charge >= 0.3 is 0 Å². The van der Waals surface area contributed by atoms with Crippen molar-refractivity contribution < 1.29 is 10.0 Å². The Kier molecular flexibility index (Phi) is 3.60. The third-order valence-electron chi connectivity index (χ3n) is 2.24. The third-order valence-corrected chi connectivity index (χ3v) is 2.62. The number of piperidine rings is 1. The number of carbonyl (C=O) groups excluding carboxylic acids is 1. The second kappa shape index (κ2) is 4.51. The second-order valence-corrected chi connectivity index (χ2v) is 3.41.